The van der Waals surface area contributed by atoms with Gasteiger partial charge in [-0.15, -0.1) is 0 Å². The summed E-state index contributed by atoms with van der Waals surface area (Å²) in [6, 6.07) is 9.06. The molecule has 2 aromatic rings. The molecule has 136 valence electrons. The fourth-order valence-electron chi connectivity index (χ4n) is 2.63. The van der Waals surface area contributed by atoms with Crippen LogP contribution in [-0.2, 0) is 9.53 Å². The Bertz CT molecular complexity index is 853. The first-order chi connectivity index (χ1) is 12.2. The quantitative estimate of drug-likeness (QED) is 0.500. The zero-order valence-electron chi connectivity index (χ0n) is 15.0. The van der Waals surface area contributed by atoms with E-state index in [2.05, 4.69) is 5.32 Å². The Morgan fingerprint density at radius 2 is 1.73 bits per heavy atom. The summed E-state index contributed by atoms with van der Waals surface area (Å²) < 4.78 is 5.14. The summed E-state index contributed by atoms with van der Waals surface area (Å²) in [5.74, 6) is -1.27. The Kier molecular flexibility index (Phi) is 5.71. The number of amides is 1. The number of nitro groups is 1. The minimum Gasteiger partial charge on any atom is -0.449 e. The van der Waals surface area contributed by atoms with Gasteiger partial charge in [-0.1, -0.05) is 23.8 Å². The van der Waals surface area contributed by atoms with Crippen LogP contribution in [0.25, 0.3) is 0 Å². The lowest BCUT2D eigenvalue weighted by atomic mass is 10.0. The molecule has 0 aliphatic carbocycles. The fraction of sp³-hybridized carbons (Fsp3) is 0.263. The van der Waals surface area contributed by atoms with Crippen molar-refractivity contribution in [3.05, 3.63) is 68.8 Å². The van der Waals surface area contributed by atoms with Crippen LogP contribution in [0.3, 0.4) is 0 Å². The lowest BCUT2D eigenvalue weighted by Crippen LogP contribution is -2.30. The van der Waals surface area contributed by atoms with Crippen LogP contribution in [0, 0.1) is 30.9 Å². The monoisotopic (exact) mass is 356 g/mol. The molecule has 0 spiro atoms. The second-order valence-electron chi connectivity index (χ2n) is 6.12. The molecular weight excluding hydrogens is 336 g/mol. The summed E-state index contributed by atoms with van der Waals surface area (Å²) in [4.78, 5) is 34.7. The summed E-state index contributed by atoms with van der Waals surface area (Å²) in [6.45, 7) is 7.18. The molecule has 0 saturated heterocycles. The number of aryl methyl sites for hydroxylation is 3. The predicted octanol–water partition coefficient (Wildman–Crippen LogP) is 3.70. The first-order valence-corrected chi connectivity index (χ1v) is 8.03. The number of carbonyl (C=O) groups is 2. The number of nitro benzene ring substituents is 1. The van der Waals surface area contributed by atoms with Crippen molar-refractivity contribution in [1.29, 1.82) is 0 Å². The molecule has 0 aliphatic heterocycles. The molecule has 1 N–H and O–H groups in total. The molecule has 0 unspecified atom stereocenters. The first kappa shape index (κ1) is 19.1. The highest BCUT2D eigenvalue weighted by atomic mass is 16.6. The van der Waals surface area contributed by atoms with Gasteiger partial charge in [-0.25, -0.2) is 4.79 Å². The van der Waals surface area contributed by atoms with Crippen LogP contribution in [0.1, 0.15) is 34.0 Å². The van der Waals surface area contributed by atoms with Gasteiger partial charge in [0.2, 0.25) is 0 Å². The molecule has 0 bridgehead atoms. The van der Waals surface area contributed by atoms with Gasteiger partial charge in [-0.05, 0) is 44.9 Å². The second-order valence-corrected chi connectivity index (χ2v) is 6.12. The van der Waals surface area contributed by atoms with Crippen molar-refractivity contribution in [2.24, 2.45) is 0 Å². The normalized spacial score (nSPS) is 11.5. The van der Waals surface area contributed by atoms with Gasteiger partial charge >= 0.3 is 5.97 Å². The lowest BCUT2D eigenvalue weighted by Gasteiger charge is -2.17. The molecule has 0 heterocycles. The Morgan fingerprint density at radius 3 is 2.31 bits per heavy atom. The SMILES string of the molecule is Cc1cc(C)c(NC(=O)[C@H](C)OC(=O)c2cccc([N+](=O)[O-])c2)c(C)c1. The maximum absolute atomic E-state index is 12.3. The van der Waals surface area contributed by atoms with Gasteiger partial charge in [-0.2, -0.15) is 0 Å². The molecule has 0 aliphatic rings. The number of nitrogens with zero attached hydrogens (tertiary/aromatic N) is 1. The van der Waals surface area contributed by atoms with Crippen LogP contribution in [0.15, 0.2) is 36.4 Å². The highest BCUT2D eigenvalue weighted by Gasteiger charge is 2.21. The Hall–Kier alpha value is -3.22. The Balaban J connectivity index is 2.08. The van der Waals surface area contributed by atoms with E-state index >= 15 is 0 Å². The Labute approximate surface area is 151 Å². The topological polar surface area (TPSA) is 98.5 Å². The lowest BCUT2D eigenvalue weighted by molar-refractivity contribution is -0.384. The number of anilines is 1. The van der Waals surface area contributed by atoms with Crippen molar-refractivity contribution in [2.45, 2.75) is 33.8 Å². The number of esters is 1. The number of hydrogen-bond donors (Lipinski definition) is 1. The molecule has 26 heavy (non-hydrogen) atoms. The third-order valence-electron chi connectivity index (χ3n) is 3.87. The van der Waals surface area contributed by atoms with E-state index in [-0.39, 0.29) is 11.3 Å². The smallest absolute Gasteiger partial charge is 0.339 e. The maximum Gasteiger partial charge on any atom is 0.339 e. The van der Waals surface area contributed by atoms with Crippen LogP contribution in [0.4, 0.5) is 11.4 Å². The van der Waals surface area contributed by atoms with Gasteiger partial charge in [0.05, 0.1) is 10.5 Å². The predicted molar refractivity (Wildman–Crippen MR) is 97.3 cm³/mol. The van der Waals surface area contributed by atoms with Crippen molar-refractivity contribution in [3.63, 3.8) is 0 Å². The standard InChI is InChI=1S/C19H20N2O5/c1-11-8-12(2)17(13(3)9-11)20-18(22)14(4)26-19(23)15-6-5-7-16(10-15)21(24)25/h5-10,14H,1-4H3,(H,20,22)/t14-/m0/s1. The minimum absolute atomic E-state index is 0.0153. The molecule has 7 heteroatoms. The van der Waals surface area contributed by atoms with Crippen LogP contribution in [0.2, 0.25) is 0 Å². The number of non-ortho nitro benzene ring substituents is 1. The van der Waals surface area contributed by atoms with Crippen molar-refractivity contribution >= 4 is 23.3 Å². The van der Waals surface area contributed by atoms with E-state index in [1.807, 2.05) is 32.9 Å². The summed E-state index contributed by atoms with van der Waals surface area (Å²) >= 11 is 0. The number of carbonyl (C=O) groups excluding carboxylic acids is 2. The highest BCUT2D eigenvalue weighted by molar-refractivity contribution is 5.98. The van der Waals surface area contributed by atoms with E-state index in [1.54, 1.807) is 0 Å². The number of rotatable bonds is 5. The van der Waals surface area contributed by atoms with E-state index in [1.165, 1.54) is 25.1 Å². The molecule has 1 amide bonds. The molecule has 0 fully saturated rings. The average molecular weight is 356 g/mol. The minimum atomic E-state index is -1.05. The van der Waals surface area contributed by atoms with E-state index in [0.29, 0.717) is 5.69 Å². The van der Waals surface area contributed by atoms with Gasteiger partial charge in [0.15, 0.2) is 6.10 Å². The molecule has 0 saturated carbocycles. The van der Waals surface area contributed by atoms with Crippen LogP contribution < -0.4 is 5.32 Å². The fourth-order valence-corrected chi connectivity index (χ4v) is 2.63. The van der Waals surface area contributed by atoms with E-state index in [9.17, 15) is 19.7 Å². The highest BCUT2D eigenvalue weighted by Crippen LogP contribution is 2.22. The third kappa shape index (κ3) is 4.44. The third-order valence-corrected chi connectivity index (χ3v) is 3.87. The van der Waals surface area contributed by atoms with Gasteiger partial charge in [-0.3, -0.25) is 14.9 Å². The molecule has 7 nitrogen and oxygen atoms in total. The van der Waals surface area contributed by atoms with Crippen LogP contribution >= 0.6 is 0 Å². The summed E-state index contributed by atoms with van der Waals surface area (Å²) in [5.41, 5.74) is 3.38. The van der Waals surface area contributed by atoms with Crippen LogP contribution in [-0.4, -0.2) is 22.9 Å². The molecule has 2 rings (SSSR count). The number of benzene rings is 2. The second kappa shape index (κ2) is 7.77. The molecule has 0 aromatic heterocycles. The maximum atomic E-state index is 12.3. The van der Waals surface area contributed by atoms with E-state index in [0.717, 1.165) is 22.8 Å². The zero-order valence-corrected chi connectivity index (χ0v) is 15.0. The molecular formula is C19H20N2O5. The number of ether oxygens (including phenoxy) is 1. The van der Waals surface area contributed by atoms with Gasteiger partial charge in [0, 0.05) is 17.8 Å². The van der Waals surface area contributed by atoms with Gasteiger partial charge in [0.25, 0.3) is 11.6 Å². The first-order valence-electron chi connectivity index (χ1n) is 8.03. The largest absolute Gasteiger partial charge is 0.449 e. The number of nitrogens with one attached hydrogen (secondary N) is 1. The van der Waals surface area contributed by atoms with Crippen LogP contribution in [0.5, 0.6) is 0 Å². The van der Waals surface area contributed by atoms with Gasteiger partial charge < -0.3 is 10.1 Å². The molecule has 1 atom stereocenters. The van der Waals surface area contributed by atoms with Crippen molar-refractivity contribution in [2.75, 3.05) is 5.32 Å². The summed E-state index contributed by atoms with van der Waals surface area (Å²) in [6.07, 6.45) is -1.05. The Morgan fingerprint density at radius 1 is 1.12 bits per heavy atom. The summed E-state index contributed by atoms with van der Waals surface area (Å²) in [5, 5.41) is 13.6. The van der Waals surface area contributed by atoms with Crippen molar-refractivity contribution in [1.82, 2.24) is 0 Å². The molecule has 2 aromatic carbocycles. The average Bonchev–Trinajstić information content (AvgIpc) is 2.57. The van der Waals surface area contributed by atoms with Crippen molar-refractivity contribution in [3.8, 4) is 0 Å². The number of hydrogen-bond acceptors (Lipinski definition) is 5. The van der Waals surface area contributed by atoms with Gasteiger partial charge in [0.1, 0.15) is 0 Å². The molecule has 0 radical (unpaired) electrons. The van der Waals surface area contributed by atoms with Crippen molar-refractivity contribution < 1.29 is 19.2 Å². The van der Waals surface area contributed by atoms with E-state index in [4.69, 9.17) is 4.74 Å². The summed E-state index contributed by atoms with van der Waals surface area (Å²) in [7, 11) is 0. The van der Waals surface area contributed by atoms with E-state index < -0.39 is 22.9 Å². The zero-order chi connectivity index (χ0) is 19.4.